The van der Waals surface area contributed by atoms with Gasteiger partial charge in [-0.05, 0) is 64.9 Å². The van der Waals surface area contributed by atoms with Crippen molar-refractivity contribution >= 4 is 0 Å². The first-order valence-corrected chi connectivity index (χ1v) is 10.8. The van der Waals surface area contributed by atoms with Crippen LogP contribution in [0.3, 0.4) is 0 Å². The monoisotopic (exact) mass is 390 g/mol. The Morgan fingerprint density at radius 1 is 1.07 bits per heavy atom. The first-order chi connectivity index (χ1) is 13.5. The van der Waals surface area contributed by atoms with Gasteiger partial charge in [0.2, 0.25) is 0 Å². The minimum absolute atomic E-state index is 0.198. The van der Waals surface area contributed by atoms with Crippen molar-refractivity contribution in [3.05, 3.63) is 29.8 Å². The number of likely N-dealkylation sites (N-methyl/N-ethyl adjacent to an activating group) is 1. The van der Waals surface area contributed by atoms with Gasteiger partial charge in [0.15, 0.2) is 0 Å². The van der Waals surface area contributed by atoms with Gasteiger partial charge in [-0.2, -0.15) is 0 Å². The predicted molar refractivity (Wildman–Crippen MR) is 113 cm³/mol. The Hall–Kier alpha value is -1.14. The number of rotatable bonds is 8. The van der Waals surface area contributed by atoms with E-state index in [9.17, 15) is 0 Å². The minimum Gasteiger partial charge on any atom is -0.494 e. The summed E-state index contributed by atoms with van der Waals surface area (Å²) in [5.41, 5.74) is 1.61. The van der Waals surface area contributed by atoms with Crippen molar-refractivity contribution in [3.63, 3.8) is 0 Å². The summed E-state index contributed by atoms with van der Waals surface area (Å²) in [7, 11) is 4.31. The first-order valence-electron chi connectivity index (χ1n) is 10.8. The number of morpholine rings is 1. The third-order valence-corrected chi connectivity index (χ3v) is 5.92. The smallest absolute Gasteiger partial charge is 0.119 e. The molecule has 0 N–H and O–H groups in total. The van der Waals surface area contributed by atoms with Crippen LogP contribution in [0.4, 0.5) is 0 Å². The summed E-state index contributed by atoms with van der Waals surface area (Å²) in [4.78, 5) is 4.78. The lowest BCUT2D eigenvalue weighted by molar-refractivity contribution is -0.0686. The van der Waals surface area contributed by atoms with E-state index in [1.165, 1.54) is 5.56 Å². The largest absolute Gasteiger partial charge is 0.494 e. The van der Waals surface area contributed by atoms with E-state index in [4.69, 9.17) is 14.2 Å². The molecule has 2 aliphatic rings. The average molecular weight is 391 g/mol. The van der Waals surface area contributed by atoms with Gasteiger partial charge in [0, 0.05) is 44.8 Å². The molecule has 0 radical (unpaired) electrons. The van der Waals surface area contributed by atoms with E-state index >= 15 is 0 Å². The molecule has 5 nitrogen and oxygen atoms in total. The Morgan fingerprint density at radius 2 is 1.71 bits per heavy atom. The van der Waals surface area contributed by atoms with Crippen LogP contribution in [-0.4, -0.2) is 82.1 Å². The number of hydrogen-bond donors (Lipinski definition) is 0. The molecule has 3 rings (SSSR count). The zero-order valence-corrected chi connectivity index (χ0v) is 18.2. The van der Waals surface area contributed by atoms with Crippen molar-refractivity contribution in [1.29, 1.82) is 0 Å². The van der Waals surface area contributed by atoms with Gasteiger partial charge in [0.05, 0.1) is 18.8 Å². The standard InChI is InChI=1S/C23H38N2O3/c1-19-16-25(17-20(2)28-19)12-5-13-27-22-8-6-21(7-9-22)23(18-24(3)4)10-14-26-15-11-23/h6-9,19-20H,5,10-18H2,1-4H3/t19-,20+. The summed E-state index contributed by atoms with van der Waals surface area (Å²) < 4.78 is 17.4. The van der Waals surface area contributed by atoms with Gasteiger partial charge in [0.25, 0.3) is 0 Å². The first kappa shape index (κ1) is 21.6. The average Bonchev–Trinajstić information content (AvgIpc) is 2.65. The summed E-state index contributed by atoms with van der Waals surface area (Å²) in [6.45, 7) is 11.0. The van der Waals surface area contributed by atoms with Gasteiger partial charge in [-0.25, -0.2) is 0 Å². The summed E-state index contributed by atoms with van der Waals surface area (Å²) >= 11 is 0. The maximum Gasteiger partial charge on any atom is 0.119 e. The fourth-order valence-corrected chi connectivity index (χ4v) is 4.76. The topological polar surface area (TPSA) is 34.2 Å². The number of ether oxygens (including phenoxy) is 3. The Bertz CT molecular complexity index is 574. The maximum absolute atomic E-state index is 6.01. The van der Waals surface area contributed by atoms with Crippen LogP contribution in [0.25, 0.3) is 0 Å². The van der Waals surface area contributed by atoms with E-state index in [1.54, 1.807) is 0 Å². The van der Waals surface area contributed by atoms with Crippen molar-refractivity contribution in [1.82, 2.24) is 9.80 Å². The Morgan fingerprint density at radius 3 is 2.32 bits per heavy atom. The maximum atomic E-state index is 6.01. The van der Waals surface area contributed by atoms with Crippen molar-refractivity contribution < 1.29 is 14.2 Å². The zero-order valence-electron chi connectivity index (χ0n) is 18.2. The van der Waals surface area contributed by atoms with Gasteiger partial charge in [-0.15, -0.1) is 0 Å². The van der Waals surface area contributed by atoms with Crippen LogP contribution in [0.15, 0.2) is 24.3 Å². The highest BCUT2D eigenvalue weighted by molar-refractivity contribution is 5.33. The Balaban J connectivity index is 1.48. The molecule has 2 fully saturated rings. The molecule has 0 spiro atoms. The van der Waals surface area contributed by atoms with Crippen LogP contribution < -0.4 is 4.74 Å². The van der Waals surface area contributed by atoms with Crippen molar-refractivity contribution in [2.75, 3.05) is 60.1 Å². The molecule has 0 saturated carbocycles. The van der Waals surface area contributed by atoms with E-state index in [2.05, 4.69) is 62.0 Å². The molecule has 0 unspecified atom stereocenters. The summed E-state index contributed by atoms with van der Waals surface area (Å²) in [6, 6.07) is 8.80. The normalized spacial score (nSPS) is 25.8. The van der Waals surface area contributed by atoms with E-state index in [0.717, 1.165) is 71.0 Å². The van der Waals surface area contributed by atoms with Crippen LogP contribution in [0.2, 0.25) is 0 Å². The number of benzene rings is 1. The summed E-state index contributed by atoms with van der Waals surface area (Å²) in [5, 5.41) is 0. The highest BCUT2D eigenvalue weighted by atomic mass is 16.5. The fraction of sp³-hybridized carbons (Fsp3) is 0.739. The van der Waals surface area contributed by atoms with Gasteiger partial charge in [-0.1, -0.05) is 12.1 Å². The molecule has 2 atom stereocenters. The summed E-state index contributed by atoms with van der Waals surface area (Å²) in [6.07, 6.45) is 3.88. The van der Waals surface area contributed by atoms with Crippen LogP contribution >= 0.6 is 0 Å². The van der Waals surface area contributed by atoms with Crippen molar-refractivity contribution in [3.8, 4) is 5.75 Å². The molecule has 2 heterocycles. The lowest BCUT2D eigenvalue weighted by atomic mass is 9.74. The lowest BCUT2D eigenvalue weighted by Crippen LogP contribution is -2.45. The van der Waals surface area contributed by atoms with Gasteiger partial charge >= 0.3 is 0 Å². The minimum atomic E-state index is 0.198. The molecule has 1 aromatic carbocycles. The molecule has 0 aromatic heterocycles. The molecule has 28 heavy (non-hydrogen) atoms. The summed E-state index contributed by atoms with van der Waals surface area (Å²) in [5.74, 6) is 0.972. The van der Waals surface area contributed by atoms with Crippen LogP contribution in [0.1, 0.15) is 38.7 Å². The Kier molecular flexibility index (Phi) is 7.75. The SMILES string of the molecule is C[C@@H]1CN(CCCOc2ccc(C3(CN(C)C)CCOCC3)cc2)C[C@H](C)O1. The highest BCUT2D eigenvalue weighted by Gasteiger charge is 2.34. The molecular formula is C23H38N2O3. The molecule has 1 aromatic rings. The van der Waals surface area contributed by atoms with E-state index in [0.29, 0.717) is 12.2 Å². The van der Waals surface area contributed by atoms with E-state index in [-0.39, 0.29) is 5.41 Å². The fourth-order valence-electron chi connectivity index (χ4n) is 4.76. The van der Waals surface area contributed by atoms with Crippen LogP contribution in [0, 0.1) is 0 Å². The third kappa shape index (κ3) is 5.93. The second-order valence-electron chi connectivity index (χ2n) is 8.87. The predicted octanol–water partition coefficient (Wildman–Crippen LogP) is 3.17. The highest BCUT2D eigenvalue weighted by Crippen LogP contribution is 2.36. The van der Waals surface area contributed by atoms with Crippen molar-refractivity contribution in [2.45, 2.75) is 50.7 Å². The second-order valence-corrected chi connectivity index (χ2v) is 8.87. The van der Waals surface area contributed by atoms with E-state index in [1.807, 2.05) is 0 Å². The van der Waals surface area contributed by atoms with Gasteiger partial charge < -0.3 is 19.1 Å². The van der Waals surface area contributed by atoms with Gasteiger partial charge in [-0.3, -0.25) is 4.90 Å². The third-order valence-electron chi connectivity index (χ3n) is 5.92. The molecular weight excluding hydrogens is 352 g/mol. The van der Waals surface area contributed by atoms with Gasteiger partial charge in [0.1, 0.15) is 5.75 Å². The van der Waals surface area contributed by atoms with Crippen LogP contribution in [0.5, 0.6) is 5.75 Å². The van der Waals surface area contributed by atoms with E-state index < -0.39 is 0 Å². The number of hydrogen-bond acceptors (Lipinski definition) is 5. The van der Waals surface area contributed by atoms with Crippen LogP contribution in [-0.2, 0) is 14.9 Å². The molecule has 0 bridgehead atoms. The molecule has 158 valence electrons. The number of nitrogens with zero attached hydrogens (tertiary/aromatic N) is 2. The molecule has 2 aliphatic heterocycles. The molecule has 0 aliphatic carbocycles. The van der Waals surface area contributed by atoms with Crippen molar-refractivity contribution in [2.24, 2.45) is 0 Å². The quantitative estimate of drug-likeness (QED) is 0.637. The lowest BCUT2D eigenvalue weighted by Gasteiger charge is -2.39. The molecule has 0 amide bonds. The second kappa shape index (κ2) is 10.1. The molecule has 2 saturated heterocycles. The Labute approximate surface area is 170 Å². The molecule has 5 heteroatoms. The zero-order chi connectivity index (χ0) is 20.0.